The van der Waals surface area contributed by atoms with E-state index >= 15 is 0 Å². The van der Waals surface area contributed by atoms with Gasteiger partial charge in [0.2, 0.25) is 0 Å². The molecule has 0 aromatic heterocycles. The van der Waals surface area contributed by atoms with E-state index in [4.69, 9.17) is 0 Å². The first kappa shape index (κ1) is 15.8. The fraction of sp³-hybridized carbons (Fsp3) is 0.625. The van der Waals surface area contributed by atoms with Crippen LogP contribution in [0.25, 0.3) is 0 Å². The van der Waals surface area contributed by atoms with Crippen LogP contribution in [0.5, 0.6) is 0 Å². The Hall–Kier alpha value is -0.580. The number of hydrogen-bond acceptors (Lipinski definition) is 3. The molecule has 1 aromatic carbocycles. The summed E-state index contributed by atoms with van der Waals surface area (Å²) in [5, 5.41) is 3.36. The fourth-order valence-corrected chi connectivity index (χ4v) is 3.26. The molecule has 0 bridgehead atoms. The largest absolute Gasteiger partial charge is 0.368 e. The van der Waals surface area contributed by atoms with Crippen LogP contribution in [0, 0.1) is 0 Å². The lowest BCUT2D eigenvalue weighted by molar-refractivity contribution is 0.170. The van der Waals surface area contributed by atoms with Gasteiger partial charge in [0.15, 0.2) is 0 Å². The van der Waals surface area contributed by atoms with Crippen molar-refractivity contribution < 1.29 is 0 Å². The molecule has 3 nitrogen and oxygen atoms in total. The zero-order chi connectivity index (χ0) is 14.9. The summed E-state index contributed by atoms with van der Waals surface area (Å²) < 4.78 is 1.15. The van der Waals surface area contributed by atoms with Crippen molar-refractivity contribution in [3.05, 3.63) is 28.2 Å². The van der Waals surface area contributed by atoms with Gasteiger partial charge >= 0.3 is 0 Å². The van der Waals surface area contributed by atoms with Gasteiger partial charge in [0.1, 0.15) is 0 Å². The molecule has 20 heavy (non-hydrogen) atoms. The van der Waals surface area contributed by atoms with E-state index in [0.717, 1.165) is 17.6 Å². The summed E-state index contributed by atoms with van der Waals surface area (Å²) >= 11 is 3.62. The monoisotopic (exact) mass is 339 g/mol. The molecule has 0 saturated carbocycles. The summed E-state index contributed by atoms with van der Waals surface area (Å²) in [4.78, 5) is 5.00. The van der Waals surface area contributed by atoms with Crippen LogP contribution >= 0.6 is 15.9 Å². The molecule has 1 aliphatic rings. The zero-order valence-corrected chi connectivity index (χ0v) is 14.7. The van der Waals surface area contributed by atoms with Crippen LogP contribution < -0.4 is 10.2 Å². The molecule has 0 amide bonds. The van der Waals surface area contributed by atoms with Gasteiger partial charge in [0.05, 0.1) is 0 Å². The van der Waals surface area contributed by atoms with Crippen LogP contribution in [0.1, 0.15) is 32.4 Å². The van der Waals surface area contributed by atoms with Crippen LogP contribution in [0.15, 0.2) is 22.7 Å². The average Bonchev–Trinajstić information content (AvgIpc) is 2.43. The SMILES string of the molecule is CNC(C)c1ccc(Br)cc1N1CC(C)N(C)C(C)C1. The minimum atomic E-state index is 0.364. The molecule has 1 heterocycles. The van der Waals surface area contributed by atoms with E-state index in [1.54, 1.807) is 0 Å². The predicted molar refractivity (Wildman–Crippen MR) is 90.5 cm³/mol. The second-order valence-electron chi connectivity index (χ2n) is 5.98. The van der Waals surface area contributed by atoms with Crippen molar-refractivity contribution in [2.45, 2.75) is 38.9 Å². The van der Waals surface area contributed by atoms with Crippen LogP contribution in [0.2, 0.25) is 0 Å². The summed E-state index contributed by atoms with van der Waals surface area (Å²) in [5.41, 5.74) is 2.73. The Morgan fingerprint density at radius 3 is 2.40 bits per heavy atom. The molecule has 3 atom stereocenters. The van der Waals surface area contributed by atoms with Crippen LogP contribution in [0.4, 0.5) is 5.69 Å². The molecule has 0 radical (unpaired) electrons. The highest BCUT2D eigenvalue weighted by molar-refractivity contribution is 9.10. The van der Waals surface area contributed by atoms with Gasteiger partial charge in [-0.1, -0.05) is 22.0 Å². The predicted octanol–water partition coefficient (Wildman–Crippen LogP) is 3.26. The summed E-state index contributed by atoms with van der Waals surface area (Å²) in [5.74, 6) is 0. The Kier molecular flexibility index (Phi) is 5.10. The van der Waals surface area contributed by atoms with E-state index in [-0.39, 0.29) is 0 Å². The zero-order valence-electron chi connectivity index (χ0n) is 13.2. The van der Waals surface area contributed by atoms with Crippen LogP contribution in [-0.2, 0) is 0 Å². The number of likely N-dealkylation sites (N-methyl/N-ethyl adjacent to an activating group) is 1. The van der Waals surface area contributed by atoms with Crippen LogP contribution in [-0.4, -0.2) is 44.2 Å². The molecule has 1 saturated heterocycles. The number of nitrogens with zero attached hydrogens (tertiary/aromatic N) is 2. The number of anilines is 1. The number of halogens is 1. The minimum absolute atomic E-state index is 0.364. The van der Waals surface area contributed by atoms with Crippen molar-refractivity contribution >= 4 is 21.6 Å². The molecule has 2 rings (SSSR count). The Morgan fingerprint density at radius 1 is 1.25 bits per heavy atom. The molecule has 0 spiro atoms. The lowest BCUT2D eigenvalue weighted by Crippen LogP contribution is -2.55. The van der Waals surface area contributed by atoms with Crippen molar-refractivity contribution in [1.82, 2.24) is 10.2 Å². The Balaban J connectivity index is 2.34. The lowest BCUT2D eigenvalue weighted by Gasteiger charge is -2.44. The second kappa shape index (κ2) is 6.46. The molecule has 1 fully saturated rings. The number of rotatable bonds is 3. The van der Waals surface area contributed by atoms with Crippen LogP contribution in [0.3, 0.4) is 0 Å². The standard InChI is InChI=1S/C16H26BrN3/c1-11-9-20(10-12(2)19(11)5)16-8-14(17)6-7-15(16)13(3)18-4/h6-8,11-13,18H,9-10H2,1-5H3. The van der Waals surface area contributed by atoms with Crippen molar-refractivity contribution in [1.29, 1.82) is 0 Å². The highest BCUT2D eigenvalue weighted by Crippen LogP contribution is 2.31. The third kappa shape index (κ3) is 3.18. The van der Waals surface area contributed by atoms with Crippen molar-refractivity contribution in [3.8, 4) is 0 Å². The smallest absolute Gasteiger partial charge is 0.0427 e. The third-order valence-corrected chi connectivity index (χ3v) is 5.09. The van der Waals surface area contributed by atoms with Gasteiger partial charge in [-0.15, -0.1) is 0 Å². The first-order chi connectivity index (χ1) is 9.43. The van der Waals surface area contributed by atoms with Crippen molar-refractivity contribution in [2.75, 3.05) is 32.1 Å². The molecule has 1 N–H and O–H groups in total. The highest BCUT2D eigenvalue weighted by atomic mass is 79.9. The topological polar surface area (TPSA) is 18.5 Å². The molecule has 0 aliphatic carbocycles. The summed E-state index contributed by atoms with van der Waals surface area (Å²) in [7, 11) is 4.25. The van der Waals surface area contributed by atoms with Gasteiger partial charge in [-0.05, 0) is 52.6 Å². The normalized spacial score (nSPS) is 25.8. The molecule has 1 aromatic rings. The van der Waals surface area contributed by atoms with Gasteiger partial charge in [-0.2, -0.15) is 0 Å². The van der Waals surface area contributed by atoms with Gasteiger partial charge in [0.25, 0.3) is 0 Å². The Morgan fingerprint density at radius 2 is 1.85 bits per heavy atom. The van der Waals surface area contributed by atoms with Gasteiger partial charge < -0.3 is 10.2 Å². The molecule has 4 heteroatoms. The maximum Gasteiger partial charge on any atom is 0.0427 e. The fourth-order valence-electron chi connectivity index (χ4n) is 2.91. The van der Waals surface area contributed by atoms with E-state index < -0.39 is 0 Å². The first-order valence-corrected chi connectivity index (χ1v) is 8.17. The molecule has 3 unspecified atom stereocenters. The number of benzene rings is 1. The summed E-state index contributed by atoms with van der Waals surface area (Å²) in [6, 6.07) is 8.15. The minimum Gasteiger partial charge on any atom is -0.368 e. The summed E-state index contributed by atoms with van der Waals surface area (Å²) in [6.45, 7) is 9.00. The maximum atomic E-state index is 3.62. The average molecular weight is 340 g/mol. The lowest BCUT2D eigenvalue weighted by atomic mass is 10.0. The summed E-state index contributed by atoms with van der Waals surface area (Å²) in [6.07, 6.45) is 0. The molecular formula is C16H26BrN3. The molecule has 112 valence electrons. The first-order valence-electron chi connectivity index (χ1n) is 7.37. The maximum absolute atomic E-state index is 3.62. The van der Waals surface area contributed by atoms with Crippen molar-refractivity contribution in [3.63, 3.8) is 0 Å². The van der Waals surface area contributed by atoms with Gasteiger partial charge in [-0.25, -0.2) is 0 Å². The third-order valence-electron chi connectivity index (χ3n) is 4.59. The quantitative estimate of drug-likeness (QED) is 0.911. The van der Waals surface area contributed by atoms with E-state index in [1.165, 1.54) is 11.3 Å². The molecular weight excluding hydrogens is 314 g/mol. The number of nitrogens with one attached hydrogen (secondary N) is 1. The van der Waals surface area contributed by atoms with E-state index in [9.17, 15) is 0 Å². The highest BCUT2D eigenvalue weighted by Gasteiger charge is 2.28. The van der Waals surface area contributed by atoms with E-state index in [0.29, 0.717) is 18.1 Å². The molecule has 1 aliphatic heterocycles. The Labute approximate surface area is 131 Å². The van der Waals surface area contributed by atoms with E-state index in [2.05, 4.69) is 77.1 Å². The second-order valence-corrected chi connectivity index (χ2v) is 6.90. The van der Waals surface area contributed by atoms with Gasteiger partial charge in [-0.3, -0.25) is 4.90 Å². The Bertz CT molecular complexity index is 451. The van der Waals surface area contributed by atoms with E-state index in [1.807, 2.05) is 7.05 Å². The van der Waals surface area contributed by atoms with Gasteiger partial charge in [0, 0.05) is 41.4 Å². The number of piperazine rings is 1. The van der Waals surface area contributed by atoms with Crippen molar-refractivity contribution in [2.24, 2.45) is 0 Å². The number of hydrogen-bond donors (Lipinski definition) is 1.